The summed E-state index contributed by atoms with van der Waals surface area (Å²) in [7, 11) is 2.01. The lowest BCUT2D eigenvalue weighted by Gasteiger charge is -2.12. The number of likely N-dealkylation sites (N-methyl/N-ethyl adjacent to an activating group) is 1. The fourth-order valence-electron chi connectivity index (χ4n) is 1.57. The topological polar surface area (TPSA) is 29.3 Å². The largest absolute Gasteiger partial charge is 0.316 e. The number of hydrogen-bond acceptors (Lipinski definition) is 4. The smallest absolute Gasteiger partial charge is 0.193 e. The van der Waals surface area contributed by atoms with Crippen LogP contribution < -0.4 is 5.32 Å². The molecule has 3 nitrogen and oxygen atoms in total. The van der Waals surface area contributed by atoms with Crippen molar-refractivity contribution in [2.45, 2.75) is 12.5 Å². The SMILES string of the molecule is CNC(CSC)Cc1cn2ccsc2n1. The lowest BCUT2D eigenvalue weighted by molar-refractivity contribution is 0.611. The van der Waals surface area contributed by atoms with Gasteiger partial charge in [0, 0.05) is 36.0 Å². The highest BCUT2D eigenvalue weighted by Crippen LogP contribution is 2.13. The van der Waals surface area contributed by atoms with E-state index in [-0.39, 0.29) is 0 Å². The van der Waals surface area contributed by atoms with Gasteiger partial charge in [0.25, 0.3) is 0 Å². The molecule has 0 aromatic carbocycles. The Morgan fingerprint density at radius 2 is 2.53 bits per heavy atom. The predicted octanol–water partition coefficient (Wildman–Crippen LogP) is 1.89. The molecule has 2 aromatic heterocycles. The summed E-state index contributed by atoms with van der Waals surface area (Å²) in [6.45, 7) is 0. The van der Waals surface area contributed by atoms with Crippen LogP contribution in [0.2, 0.25) is 0 Å². The van der Waals surface area contributed by atoms with Gasteiger partial charge in [-0.25, -0.2) is 4.98 Å². The first kappa shape index (κ1) is 11.0. The van der Waals surface area contributed by atoms with E-state index in [0.29, 0.717) is 6.04 Å². The number of hydrogen-bond donors (Lipinski definition) is 1. The molecule has 0 saturated heterocycles. The Morgan fingerprint density at radius 3 is 3.20 bits per heavy atom. The van der Waals surface area contributed by atoms with Gasteiger partial charge in [0.05, 0.1) is 5.69 Å². The van der Waals surface area contributed by atoms with Crippen LogP contribution >= 0.6 is 23.1 Å². The average Bonchev–Trinajstić information content (AvgIpc) is 2.77. The normalized spacial score (nSPS) is 13.5. The summed E-state index contributed by atoms with van der Waals surface area (Å²) in [6.07, 6.45) is 7.32. The van der Waals surface area contributed by atoms with Crippen molar-refractivity contribution in [3.8, 4) is 0 Å². The van der Waals surface area contributed by atoms with E-state index < -0.39 is 0 Å². The zero-order valence-electron chi connectivity index (χ0n) is 8.93. The zero-order chi connectivity index (χ0) is 10.7. The van der Waals surface area contributed by atoms with Crippen molar-refractivity contribution in [2.75, 3.05) is 19.1 Å². The quantitative estimate of drug-likeness (QED) is 0.867. The Morgan fingerprint density at radius 1 is 1.67 bits per heavy atom. The monoisotopic (exact) mass is 241 g/mol. The molecule has 0 fully saturated rings. The molecule has 0 aliphatic rings. The maximum atomic E-state index is 4.57. The summed E-state index contributed by atoms with van der Waals surface area (Å²) < 4.78 is 2.09. The Bertz CT molecular complexity index is 392. The standard InChI is InChI=1S/C10H15N3S2/c1-11-9(7-14-2)5-8-6-13-3-4-15-10(13)12-8/h3-4,6,9,11H,5,7H2,1-2H3. The molecule has 0 aliphatic carbocycles. The van der Waals surface area contributed by atoms with Gasteiger partial charge in [-0.2, -0.15) is 11.8 Å². The second-order valence-electron chi connectivity index (χ2n) is 3.47. The molecular formula is C10H15N3S2. The van der Waals surface area contributed by atoms with E-state index in [2.05, 4.69) is 38.7 Å². The van der Waals surface area contributed by atoms with Crippen LogP contribution in [0.15, 0.2) is 17.8 Å². The van der Waals surface area contributed by atoms with Gasteiger partial charge in [0.2, 0.25) is 0 Å². The number of thiazole rings is 1. The van der Waals surface area contributed by atoms with Crippen LogP contribution in [0.25, 0.3) is 4.96 Å². The summed E-state index contributed by atoms with van der Waals surface area (Å²) in [5.41, 5.74) is 1.18. The molecule has 82 valence electrons. The summed E-state index contributed by atoms with van der Waals surface area (Å²) in [4.78, 5) is 5.66. The molecule has 5 heteroatoms. The van der Waals surface area contributed by atoms with Gasteiger partial charge < -0.3 is 5.32 Å². The minimum Gasteiger partial charge on any atom is -0.316 e. The molecular weight excluding hydrogens is 226 g/mol. The minimum absolute atomic E-state index is 0.518. The molecule has 1 N–H and O–H groups in total. The van der Waals surface area contributed by atoms with Crippen molar-refractivity contribution < 1.29 is 0 Å². The lowest BCUT2D eigenvalue weighted by atomic mass is 10.2. The molecule has 2 aromatic rings. The van der Waals surface area contributed by atoms with Crippen molar-refractivity contribution in [2.24, 2.45) is 0 Å². The van der Waals surface area contributed by atoms with Crippen molar-refractivity contribution in [1.82, 2.24) is 14.7 Å². The minimum atomic E-state index is 0.518. The lowest BCUT2D eigenvalue weighted by Crippen LogP contribution is -2.30. The third kappa shape index (κ3) is 2.53. The zero-order valence-corrected chi connectivity index (χ0v) is 10.6. The van der Waals surface area contributed by atoms with Gasteiger partial charge in [-0.05, 0) is 13.3 Å². The molecule has 0 aliphatic heterocycles. The number of fused-ring (bicyclic) bond motifs is 1. The second kappa shape index (κ2) is 5.01. The van der Waals surface area contributed by atoms with Crippen LogP contribution in [-0.4, -0.2) is 34.5 Å². The number of imidazole rings is 1. The van der Waals surface area contributed by atoms with Gasteiger partial charge in [-0.1, -0.05) is 0 Å². The van der Waals surface area contributed by atoms with Crippen molar-refractivity contribution in [1.29, 1.82) is 0 Å². The number of thioether (sulfide) groups is 1. The van der Waals surface area contributed by atoms with Gasteiger partial charge in [-0.15, -0.1) is 11.3 Å². The number of nitrogens with zero attached hydrogens (tertiary/aromatic N) is 2. The molecule has 0 spiro atoms. The number of rotatable bonds is 5. The van der Waals surface area contributed by atoms with Crippen molar-refractivity contribution in [3.05, 3.63) is 23.5 Å². The van der Waals surface area contributed by atoms with E-state index in [1.54, 1.807) is 11.3 Å². The molecule has 1 atom stereocenters. The first-order valence-corrected chi connectivity index (χ1v) is 7.18. The molecule has 0 radical (unpaired) electrons. The highest BCUT2D eigenvalue weighted by Gasteiger charge is 2.09. The molecule has 0 saturated carbocycles. The predicted molar refractivity (Wildman–Crippen MR) is 68.0 cm³/mol. The Kier molecular flexibility index (Phi) is 3.66. The van der Waals surface area contributed by atoms with Crippen molar-refractivity contribution in [3.63, 3.8) is 0 Å². The maximum absolute atomic E-state index is 4.57. The van der Waals surface area contributed by atoms with Gasteiger partial charge >= 0.3 is 0 Å². The van der Waals surface area contributed by atoms with Gasteiger partial charge in [0.15, 0.2) is 4.96 Å². The third-order valence-electron chi connectivity index (χ3n) is 2.37. The Balaban J connectivity index is 2.07. The van der Waals surface area contributed by atoms with E-state index in [1.807, 2.05) is 18.8 Å². The van der Waals surface area contributed by atoms with Crippen molar-refractivity contribution >= 4 is 28.1 Å². The maximum Gasteiger partial charge on any atom is 0.193 e. The van der Waals surface area contributed by atoms with Crippen LogP contribution in [0.1, 0.15) is 5.69 Å². The average molecular weight is 241 g/mol. The highest BCUT2D eigenvalue weighted by molar-refractivity contribution is 7.98. The van der Waals surface area contributed by atoms with E-state index in [9.17, 15) is 0 Å². The molecule has 15 heavy (non-hydrogen) atoms. The van der Waals surface area contributed by atoms with Crippen LogP contribution in [0.5, 0.6) is 0 Å². The Hall–Kier alpha value is -0.520. The number of nitrogens with one attached hydrogen (secondary N) is 1. The van der Waals surface area contributed by atoms with Gasteiger partial charge in [0.1, 0.15) is 0 Å². The van der Waals surface area contributed by atoms with Crippen LogP contribution in [0.4, 0.5) is 0 Å². The Labute approximate surface area is 97.9 Å². The molecule has 1 unspecified atom stereocenters. The van der Waals surface area contributed by atoms with E-state index in [0.717, 1.165) is 17.1 Å². The first-order chi connectivity index (χ1) is 7.33. The summed E-state index contributed by atoms with van der Waals surface area (Å²) in [5.74, 6) is 1.13. The molecule has 0 amide bonds. The van der Waals surface area contributed by atoms with Crippen LogP contribution in [0, 0.1) is 0 Å². The first-order valence-electron chi connectivity index (χ1n) is 4.90. The van der Waals surface area contributed by atoms with E-state index in [1.165, 1.54) is 5.69 Å². The fourth-order valence-corrected chi connectivity index (χ4v) is 2.98. The molecule has 0 bridgehead atoms. The van der Waals surface area contributed by atoms with Crippen LogP contribution in [0.3, 0.4) is 0 Å². The molecule has 2 rings (SSSR count). The summed E-state index contributed by atoms with van der Waals surface area (Å²) >= 11 is 3.55. The van der Waals surface area contributed by atoms with E-state index >= 15 is 0 Å². The van der Waals surface area contributed by atoms with Crippen LogP contribution in [-0.2, 0) is 6.42 Å². The second-order valence-corrected chi connectivity index (χ2v) is 5.25. The fraction of sp³-hybridized carbons (Fsp3) is 0.500. The van der Waals surface area contributed by atoms with E-state index in [4.69, 9.17) is 0 Å². The summed E-state index contributed by atoms with van der Waals surface area (Å²) in [5, 5.41) is 5.38. The summed E-state index contributed by atoms with van der Waals surface area (Å²) in [6, 6.07) is 0.518. The molecule has 2 heterocycles. The number of aromatic nitrogens is 2. The highest BCUT2D eigenvalue weighted by atomic mass is 32.2. The third-order valence-corrected chi connectivity index (χ3v) is 3.88. The van der Waals surface area contributed by atoms with Gasteiger partial charge in [-0.3, -0.25) is 4.40 Å².